The predicted molar refractivity (Wildman–Crippen MR) is 63.8 cm³/mol. The lowest BCUT2D eigenvalue weighted by Crippen LogP contribution is -2.06. The van der Waals surface area contributed by atoms with Crippen LogP contribution in [-0.4, -0.2) is 34.7 Å². The van der Waals surface area contributed by atoms with Crippen molar-refractivity contribution in [3.05, 3.63) is 0 Å². The maximum atomic E-state index is 11.7. The molecular weight excluding hydrogens is 268 g/mol. The van der Waals surface area contributed by atoms with Gasteiger partial charge in [0.15, 0.2) is 0 Å². The van der Waals surface area contributed by atoms with Crippen LogP contribution in [0.3, 0.4) is 0 Å². The average molecular weight is 282 g/mol. The molecule has 1 rings (SSSR count). The van der Waals surface area contributed by atoms with Gasteiger partial charge >= 0.3 is 4.34 Å². The van der Waals surface area contributed by atoms with Gasteiger partial charge in [0, 0.05) is 11.2 Å². The van der Waals surface area contributed by atoms with Gasteiger partial charge in [-0.2, -0.15) is 0 Å². The van der Waals surface area contributed by atoms with Crippen molar-refractivity contribution >= 4 is 32.3 Å². The first-order valence-electron chi connectivity index (χ1n) is 4.96. The Kier molecular flexibility index (Phi) is 5.16. The zero-order valence-electron chi connectivity index (χ0n) is 9.17. The summed E-state index contributed by atoms with van der Waals surface area (Å²) in [5, 5.41) is 7.25. The average Bonchev–Trinajstić information content (AvgIpc) is 2.75. The van der Waals surface area contributed by atoms with Crippen LogP contribution in [0, 0.1) is 0 Å². The zero-order valence-corrected chi connectivity index (χ0v) is 11.6. The molecule has 1 aromatic rings. The largest absolute Gasteiger partial charge is 0.610 e. The monoisotopic (exact) mass is 282 g/mol. The Bertz CT molecular complexity index is 429. The summed E-state index contributed by atoms with van der Waals surface area (Å²) < 4.78 is 35.1. The van der Waals surface area contributed by atoms with E-state index in [1.165, 1.54) is 0 Å². The second-order valence-electron chi connectivity index (χ2n) is 3.14. The van der Waals surface area contributed by atoms with E-state index in [0.29, 0.717) is 12.2 Å². The van der Waals surface area contributed by atoms with Gasteiger partial charge < -0.3 is 4.55 Å². The van der Waals surface area contributed by atoms with E-state index in [2.05, 4.69) is 10.2 Å². The van der Waals surface area contributed by atoms with E-state index in [1.807, 2.05) is 6.92 Å². The Morgan fingerprint density at radius 3 is 2.62 bits per heavy atom. The van der Waals surface area contributed by atoms with Gasteiger partial charge in [0.25, 0.3) is 0 Å². The number of unbranched alkanes of at least 4 members (excludes halogenated alkanes) is 1. The van der Waals surface area contributed by atoms with E-state index in [-0.39, 0.29) is 14.4 Å². The third kappa shape index (κ3) is 3.41. The molecule has 1 atom stereocenters. The predicted octanol–water partition coefficient (Wildman–Crippen LogP) is 1.24. The molecule has 16 heavy (non-hydrogen) atoms. The normalized spacial score (nSPS) is 13.9. The topological polar surface area (TPSA) is 83.0 Å². The lowest BCUT2D eigenvalue weighted by atomic mass is 10.4. The summed E-state index contributed by atoms with van der Waals surface area (Å²) >= 11 is -0.317. The van der Waals surface area contributed by atoms with Crippen molar-refractivity contribution in [2.45, 2.75) is 35.4 Å². The molecule has 5 nitrogen and oxygen atoms in total. The Hall–Kier alpha value is -0.180. The van der Waals surface area contributed by atoms with Gasteiger partial charge in [-0.05, 0) is 24.7 Å². The standard InChI is InChI=1S/C8H14N2O3S3/c1-3-5-6-16(12,13)8-10-9-7(14-8)15(11)4-2/h3-6H2,1-2H3. The van der Waals surface area contributed by atoms with Crippen LogP contribution in [0.1, 0.15) is 26.7 Å². The van der Waals surface area contributed by atoms with Crippen LogP contribution in [0.5, 0.6) is 0 Å². The Morgan fingerprint density at radius 2 is 2.06 bits per heavy atom. The number of hydrogen-bond donors (Lipinski definition) is 0. The van der Waals surface area contributed by atoms with E-state index in [9.17, 15) is 13.0 Å². The van der Waals surface area contributed by atoms with E-state index < -0.39 is 21.0 Å². The van der Waals surface area contributed by atoms with Crippen LogP contribution < -0.4 is 0 Å². The summed E-state index contributed by atoms with van der Waals surface area (Å²) in [6, 6.07) is 0. The van der Waals surface area contributed by atoms with Crippen LogP contribution in [0.15, 0.2) is 8.68 Å². The number of aromatic nitrogens is 2. The van der Waals surface area contributed by atoms with E-state index in [4.69, 9.17) is 0 Å². The fourth-order valence-electron chi connectivity index (χ4n) is 0.960. The molecule has 0 aliphatic rings. The van der Waals surface area contributed by atoms with Crippen molar-refractivity contribution in [1.29, 1.82) is 0 Å². The number of hydrogen-bond acceptors (Lipinski definition) is 6. The van der Waals surface area contributed by atoms with Gasteiger partial charge in [-0.1, -0.05) is 18.4 Å². The smallest absolute Gasteiger partial charge is 0.322 e. The first kappa shape index (κ1) is 13.9. The van der Waals surface area contributed by atoms with E-state index in [0.717, 1.165) is 17.8 Å². The van der Waals surface area contributed by atoms with Crippen LogP contribution in [0.25, 0.3) is 0 Å². The van der Waals surface area contributed by atoms with Gasteiger partial charge in [0.05, 0.1) is 5.75 Å². The third-order valence-electron chi connectivity index (χ3n) is 1.88. The highest BCUT2D eigenvalue weighted by Crippen LogP contribution is 2.22. The molecule has 92 valence electrons. The van der Waals surface area contributed by atoms with Crippen LogP contribution >= 0.6 is 11.3 Å². The SMILES string of the molecule is CCCCS(=O)(=O)c1nnc([S+]([O-])CC)s1. The molecule has 0 bridgehead atoms. The molecule has 1 heterocycles. The summed E-state index contributed by atoms with van der Waals surface area (Å²) in [6.45, 7) is 3.68. The highest BCUT2D eigenvalue weighted by Gasteiger charge is 2.23. The van der Waals surface area contributed by atoms with E-state index in [1.54, 1.807) is 6.92 Å². The molecule has 0 aromatic carbocycles. The van der Waals surface area contributed by atoms with Crippen LogP contribution in [-0.2, 0) is 21.0 Å². The van der Waals surface area contributed by atoms with Crippen molar-refractivity contribution in [1.82, 2.24) is 10.2 Å². The number of sulfone groups is 1. The minimum atomic E-state index is -3.33. The summed E-state index contributed by atoms with van der Waals surface area (Å²) in [6.07, 6.45) is 1.42. The van der Waals surface area contributed by atoms with Gasteiger partial charge in [-0.3, -0.25) is 0 Å². The summed E-state index contributed by atoms with van der Waals surface area (Å²) in [7, 11) is -3.33. The molecule has 0 saturated carbocycles. The highest BCUT2D eigenvalue weighted by molar-refractivity contribution is 7.95. The molecule has 0 saturated heterocycles. The molecule has 0 aliphatic heterocycles. The molecule has 0 radical (unpaired) electrons. The second kappa shape index (κ2) is 5.95. The van der Waals surface area contributed by atoms with Gasteiger partial charge in [-0.25, -0.2) is 8.42 Å². The fourth-order valence-corrected chi connectivity index (χ4v) is 4.78. The molecule has 0 fully saturated rings. The van der Waals surface area contributed by atoms with Gasteiger partial charge in [0.1, 0.15) is 5.75 Å². The summed E-state index contributed by atoms with van der Waals surface area (Å²) in [4.78, 5) is 0. The molecule has 0 N–H and O–H groups in total. The number of rotatable bonds is 6. The minimum absolute atomic E-state index is 0.0160. The fraction of sp³-hybridized carbons (Fsp3) is 0.750. The third-order valence-corrected chi connectivity index (χ3v) is 6.65. The van der Waals surface area contributed by atoms with Crippen molar-refractivity contribution in [2.75, 3.05) is 11.5 Å². The number of nitrogens with zero attached hydrogens (tertiary/aromatic N) is 2. The molecule has 8 heteroatoms. The minimum Gasteiger partial charge on any atom is -0.610 e. The van der Waals surface area contributed by atoms with Crippen LogP contribution in [0.2, 0.25) is 0 Å². The maximum Gasteiger partial charge on any atom is 0.322 e. The molecule has 0 aliphatic carbocycles. The van der Waals surface area contributed by atoms with Gasteiger partial charge in [-0.15, -0.1) is 5.10 Å². The lowest BCUT2D eigenvalue weighted by molar-refractivity contribution is 0.588. The molecule has 1 unspecified atom stereocenters. The lowest BCUT2D eigenvalue weighted by Gasteiger charge is -2.00. The van der Waals surface area contributed by atoms with Crippen molar-refractivity contribution in [2.24, 2.45) is 0 Å². The van der Waals surface area contributed by atoms with Crippen molar-refractivity contribution in [3.63, 3.8) is 0 Å². The molecular formula is C8H14N2O3S3. The zero-order chi connectivity index (χ0) is 12.2. The quantitative estimate of drug-likeness (QED) is 0.733. The van der Waals surface area contributed by atoms with Crippen molar-refractivity contribution in [3.8, 4) is 0 Å². The highest BCUT2D eigenvalue weighted by atomic mass is 32.3. The van der Waals surface area contributed by atoms with Crippen LogP contribution in [0.4, 0.5) is 0 Å². The Morgan fingerprint density at radius 1 is 1.38 bits per heavy atom. The Balaban J connectivity index is 2.85. The maximum absolute atomic E-state index is 11.7. The van der Waals surface area contributed by atoms with Crippen molar-refractivity contribution < 1.29 is 13.0 Å². The first-order chi connectivity index (χ1) is 7.51. The molecule has 1 aromatic heterocycles. The molecule has 0 spiro atoms. The Labute approximate surface area is 102 Å². The summed E-state index contributed by atoms with van der Waals surface area (Å²) in [5.41, 5.74) is 0. The second-order valence-corrected chi connectivity index (χ2v) is 8.31. The molecule has 0 amide bonds. The summed E-state index contributed by atoms with van der Waals surface area (Å²) in [5.74, 6) is 0.501. The van der Waals surface area contributed by atoms with Gasteiger partial charge in [0.2, 0.25) is 14.2 Å². The first-order valence-corrected chi connectivity index (χ1v) is 8.74. The van der Waals surface area contributed by atoms with E-state index >= 15 is 0 Å².